The number of aryl methyl sites for hydroxylation is 1. The normalized spacial score (nSPS) is 10.5. The third kappa shape index (κ3) is 3.44. The van der Waals surface area contributed by atoms with Crippen molar-refractivity contribution < 1.29 is 19.0 Å². The highest BCUT2D eigenvalue weighted by Crippen LogP contribution is 2.26. The molecule has 2 aromatic carbocycles. The molecular formula is C20H20N2O5. The molecule has 0 saturated heterocycles. The Morgan fingerprint density at radius 2 is 1.67 bits per heavy atom. The summed E-state index contributed by atoms with van der Waals surface area (Å²) in [6, 6.07) is 10.1. The molecule has 0 fully saturated rings. The molecule has 1 aromatic heterocycles. The van der Waals surface area contributed by atoms with Crippen LogP contribution >= 0.6 is 0 Å². The van der Waals surface area contributed by atoms with E-state index in [0.29, 0.717) is 33.8 Å². The van der Waals surface area contributed by atoms with Gasteiger partial charge >= 0.3 is 0 Å². The predicted molar refractivity (Wildman–Crippen MR) is 103 cm³/mol. The quantitative estimate of drug-likeness (QED) is 0.749. The molecule has 1 amide bonds. The zero-order valence-electron chi connectivity index (χ0n) is 15.5. The number of ether oxygens (including phenoxy) is 3. The van der Waals surface area contributed by atoms with Crippen molar-refractivity contribution in [1.82, 2.24) is 4.57 Å². The first-order valence-electron chi connectivity index (χ1n) is 8.19. The SMILES string of the molecule is COc1cc(NC(=O)c2cn(C)c3c(OC)cccc3c2=O)cc(OC)c1. The van der Waals surface area contributed by atoms with E-state index in [-0.39, 0.29) is 11.0 Å². The van der Waals surface area contributed by atoms with Gasteiger partial charge in [-0.25, -0.2) is 0 Å². The van der Waals surface area contributed by atoms with E-state index in [0.717, 1.165) is 0 Å². The molecule has 7 nitrogen and oxygen atoms in total. The second kappa shape index (κ2) is 7.41. The average molecular weight is 368 g/mol. The maximum Gasteiger partial charge on any atom is 0.261 e. The van der Waals surface area contributed by atoms with Crippen molar-refractivity contribution >= 4 is 22.5 Å². The number of para-hydroxylation sites is 1. The van der Waals surface area contributed by atoms with Crippen LogP contribution in [0, 0.1) is 0 Å². The van der Waals surface area contributed by atoms with Crippen LogP contribution in [0.25, 0.3) is 10.9 Å². The van der Waals surface area contributed by atoms with E-state index in [1.165, 1.54) is 27.5 Å². The zero-order valence-corrected chi connectivity index (χ0v) is 15.5. The molecule has 0 saturated carbocycles. The van der Waals surface area contributed by atoms with Gasteiger partial charge in [-0.05, 0) is 12.1 Å². The van der Waals surface area contributed by atoms with Gasteiger partial charge in [0.15, 0.2) is 0 Å². The number of carbonyl (C=O) groups excluding carboxylic acids is 1. The van der Waals surface area contributed by atoms with Crippen molar-refractivity contribution in [2.75, 3.05) is 26.6 Å². The van der Waals surface area contributed by atoms with Gasteiger partial charge in [-0.3, -0.25) is 9.59 Å². The molecule has 0 aliphatic carbocycles. The molecular weight excluding hydrogens is 348 g/mol. The van der Waals surface area contributed by atoms with Gasteiger partial charge in [0.05, 0.1) is 32.2 Å². The number of rotatable bonds is 5. The van der Waals surface area contributed by atoms with Gasteiger partial charge in [-0.2, -0.15) is 0 Å². The highest BCUT2D eigenvalue weighted by atomic mass is 16.5. The van der Waals surface area contributed by atoms with E-state index in [4.69, 9.17) is 14.2 Å². The number of amides is 1. The monoisotopic (exact) mass is 368 g/mol. The Hall–Kier alpha value is -3.48. The maximum atomic E-state index is 12.8. The molecule has 0 unspecified atom stereocenters. The van der Waals surface area contributed by atoms with Crippen molar-refractivity contribution in [2.45, 2.75) is 0 Å². The Bertz CT molecular complexity index is 1050. The van der Waals surface area contributed by atoms with Crippen LogP contribution in [-0.4, -0.2) is 31.8 Å². The number of pyridine rings is 1. The van der Waals surface area contributed by atoms with Crippen LogP contribution in [0.4, 0.5) is 5.69 Å². The number of hydrogen-bond donors (Lipinski definition) is 1. The summed E-state index contributed by atoms with van der Waals surface area (Å²) < 4.78 is 17.4. The summed E-state index contributed by atoms with van der Waals surface area (Å²) in [5, 5.41) is 3.14. The van der Waals surface area contributed by atoms with Crippen LogP contribution in [0.3, 0.4) is 0 Å². The van der Waals surface area contributed by atoms with Gasteiger partial charge in [-0.15, -0.1) is 0 Å². The van der Waals surface area contributed by atoms with Gasteiger partial charge in [0.1, 0.15) is 22.8 Å². The second-order valence-corrected chi connectivity index (χ2v) is 5.89. The fourth-order valence-electron chi connectivity index (χ4n) is 2.94. The fourth-order valence-corrected chi connectivity index (χ4v) is 2.94. The van der Waals surface area contributed by atoms with Crippen molar-refractivity contribution in [1.29, 1.82) is 0 Å². The molecule has 0 spiro atoms. The first kappa shape index (κ1) is 18.3. The van der Waals surface area contributed by atoms with E-state index >= 15 is 0 Å². The molecule has 0 bridgehead atoms. The Morgan fingerprint density at radius 1 is 1.00 bits per heavy atom. The molecule has 1 heterocycles. The molecule has 0 aliphatic heterocycles. The zero-order chi connectivity index (χ0) is 19.6. The Kier molecular flexibility index (Phi) is 5.03. The summed E-state index contributed by atoms with van der Waals surface area (Å²) in [6.45, 7) is 0. The Morgan fingerprint density at radius 3 is 2.26 bits per heavy atom. The Labute approximate surface area is 156 Å². The Balaban J connectivity index is 2.05. The van der Waals surface area contributed by atoms with E-state index in [1.54, 1.807) is 48.0 Å². The van der Waals surface area contributed by atoms with Gasteiger partial charge in [0.25, 0.3) is 5.91 Å². The average Bonchev–Trinajstić information content (AvgIpc) is 2.69. The topological polar surface area (TPSA) is 78.8 Å². The lowest BCUT2D eigenvalue weighted by Gasteiger charge is -2.13. The van der Waals surface area contributed by atoms with Crippen LogP contribution in [0.15, 0.2) is 47.4 Å². The van der Waals surface area contributed by atoms with E-state index in [2.05, 4.69) is 5.32 Å². The van der Waals surface area contributed by atoms with Crippen LogP contribution in [0.5, 0.6) is 17.2 Å². The lowest BCUT2D eigenvalue weighted by Crippen LogP contribution is -2.23. The molecule has 0 aliphatic rings. The number of anilines is 1. The third-order valence-electron chi connectivity index (χ3n) is 4.24. The largest absolute Gasteiger partial charge is 0.497 e. The minimum absolute atomic E-state index is 0.0278. The van der Waals surface area contributed by atoms with Gasteiger partial charge in [-0.1, -0.05) is 6.07 Å². The number of benzene rings is 2. The summed E-state index contributed by atoms with van der Waals surface area (Å²) in [5.41, 5.74) is 0.753. The predicted octanol–water partition coefficient (Wildman–Crippen LogP) is 2.82. The highest BCUT2D eigenvalue weighted by molar-refractivity contribution is 6.06. The van der Waals surface area contributed by atoms with Crippen LogP contribution < -0.4 is 25.0 Å². The lowest BCUT2D eigenvalue weighted by molar-refractivity contribution is 0.102. The number of nitrogens with zero attached hydrogens (tertiary/aromatic N) is 1. The van der Waals surface area contributed by atoms with Crippen LogP contribution in [0.1, 0.15) is 10.4 Å². The molecule has 140 valence electrons. The fraction of sp³-hybridized carbons (Fsp3) is 0.200. The van der Waals surface area contributed by atoms with Gasteiger partial charge < -0.3 is 24.1 Å². The minimum atomic E-state index is -0.518. The third-order valence-corrected chi connectivity index (χ3v) is 4.24. The van der Waals surface area contributed by atoms with Crippen molar-refractivity contribution in [2.24, 2.45) is 7.05 Å². The van der Waals surface area contributed by atoms with E-state index in [1.807, 2.05) is 0 Å². The molecule has 1 N–H and O–H groups in total. The number of nitrogens with one attached hydrogen (secondary N) is 1. The smallest absolute Gasteiger partial charge is 0.261 e. The minimum Gasteiger partial charge on any atom is -0.497 e. The van der Waals surface area contributed by atoms with Crippen LogP contribution in [0.2, 0.25) is 0 Å². The lowest BCUT2D eigenvalue weighted by atomic mass is 10.1. The molecule has 0 radical (unpaired) electrons. The van der Waals surface area contributed by atoms with E-state index in [9.17, 15) is 9.59 Å². The molecule has 7 heteroatoms. The van der Waals surface area contributed by atoms with Crippen molar-refractivity contribution in [3.63, 3.8) is 0 Å². The molecule has 27 heavy (non-hydrogen) atoms. The first-order chi connectivity index (χ1) is 13.0. The van der Waals surface area contributed by atoms with Crippen molar-refractivity contribution in [3.05, 3.63) is 58.4 Å². The number of hydrogen-bond acceptors (Lipinski definition) is 5. The first-order valence-corrected chi connectivity index (χ1v) is 8.19. The van der Waals surface area contributed by atoms with Gasteiger partial charge in [0.2, 0.25) is 5.43 Å². The summed E-state index contributed by atoms with van der Waals surface area (Å²) >= 11 is 0. The summed E-state index contributed by atoms with van der Waals surface area (Å²) in [7, 11) is 6.34. The molecule has 0 atom stereocenters. The maximum absolute atomic E-state index is 12.8. The summed E-state index contributed by atoms with van der Waals surface area (Å²) in [6.07, 6.45) is 1.50. The summed E-state index contributed by atoms with van der Waals surface area (Å²) in [4.78, 5) is 25.6. The highest BCUT2D eigenvalue weighted by Gasteiger charge is 2.17. The number of aromatic nitrogens is 1. The number of fused-ring (bicyclic) bond motifs is 1. The van der Waals surface area contributed by atoms with Crippen LogP contribution in [-0.2, 0) is 7.05 Å². The second-order valence-electron chi connectivity index (χ2n) is 5.89. The van der Waals surface area contributed by atoms with Crippen molar-refractivity contribution in [3.8, 4) is 17.2 Å². The number of carbonyl (C=O) groups is 1. The molecule has 3 rings (SSSR count). The summed E-state index contributed by atoms with van der Waals surface area (Å²) in [5.74, 6) is 1.11. The van der Waals surface area contributed by atoms with Gasteiger partial charge in [0, 0.05) is 37.1 Å². The standard InChI is InChI=1S/C20H20N2O5/c1-22-11-16(19(23)15-6-5-7-17(27-4)18(15)22)20(24)21-12-8-13(25-2)10-14(9-12)26-3/h5-11H,1-4H3,(H,21,24). The van der Waals surface area contributed by atoms with E-state index < -0.39 is 5.91 Å². The molecule has 3 aromatic rings. The number of methoxy groups -OCH3 is 3.